The van der Waals surface area contributed by atoms with Crippen molar-refractivity contribution in [2.24, 2.45) is 0 Å². The average molecular weight is 280 g/mol. The van der Waals surface area contributed by atoms with Crippen molar-refractivity contribution in [2.45, 2.75) is 33.2 Å². The highest BCUT2D eigenvalue weighted by molar-refractivity contribution is 5.95. The number of hydrogen-bond acceptors (Lipinski definition) is 4. The monoisotopic (exact) mass is 280 g/mol. The van der Waals surface area contributed by atoms with Crippen LogP contribution in [0, 0.1) is 0 Å². The molecule has 0 aromatic heterocycles. The first kappa shape index (κ1) is 16.3. The molecule has 5 heteroatoms. The smallest absolute Gasteiger partial charge is 0.254 e. The molecule has 0 atom stereocenters. The summed E-state index contributed by atoms with van der Waals surface area (Å²) < 4.78 is 5.41. The van der Waals surface area contributed by atoms with Crippen LogP contribution in [0.4, 0.5) is 5.69 Å². The summed E-state index contributed by atoms with van der Waals surface area (Å²) in [7, 11) is 0. The Morgan fingerprint density at radius 3 is 2.65 bits per heavy atom. The van der Waals surface area contributed by atoms with Gasteiger partial charge in [-0.3, -0.25) is 4.79 Å². The molecule has 5 nitrogen and oxygen atoms in total. The molecule has 0 fully saturated rings. The fourth-order valence-electron chi connectivity index (χ4n) is 2.00. The summed E-state index contributed by atoms with van der Waals surface area (Å²) in [5.74, 6) is 0.503. The van der Waals surface area contributed by atoms with E-state index in [2.05, 4.69) is 0 Å². The van der Waals surface area contributed by atoms with E-state index in [9.17, 15) is 4.79 Å². The molecule has 1 rings (SSSR count). The van der Waals surface area contributed by atoms with E-state index >= 15 is 0 Å². The molecule has 0 unspecified atom stereocenters. The van der Waals surface area contributed by atoms with Gasteiger partial charge < -0.3 is 20.5 Å². The van der Waals surface area contributed by atoms with Crippen LogP contribution >= 0.6 is 0 Å². The lowest BCUT2D eigenvalue weighted by molar-refractivity contribution is 0.0692. The van der Waals surface area contributed by atoms with Gasteiger partial charge in [-0.15, -0.1) is 0 Å². The molecular formula is C15H24N2O3. The number of nitrogens with two attached hydrogens (primary N) is 1. The van der Waals surface area contributed by atoms with Gasteiger partial charge in [-0.25, -0.2) is 0 Å². The molecule has 1 aromatic carbocycles. The van der Waals surface area contributed by atoms with Gasteiger partial charge in [-0.1, -0.05) is 0 Å². The lowest BCUT2D eigenvalue weighted by Crippen LogP contribution is -2.38. The van der Waals surface area contributed by atoms with Crippen molar-refractivity contribution < 1.29 is 14.6 Å². The van der Waals surface area contributed by atoms with Crippen LogP contribution in [-0.4, -0.2) is 41.7 Å². The zero-order valence-electron chi connectivity index (χ0n) is 12.4. The van der Waals surface area contributed by atoms with Crippen LogP contribution in [0.3, 0.4) is 0 Å². The number of nitrogen functional groups attached to an aromatic ring is 1. The van der Waals surface area contributed by atoms with Gasteiger partial charge in [0, 0.05) is 36.5 Å². The summed E-state index contributed by atoms with van der Waals surface area (Å²) in [6, 6.07) is 5.12. The molecule has 0 radical (unpaired) electrons. The molecule has 20 heavy (non-hydrogen) atoms. The second-order valence-corrected chi connectivity index (χ2v) is 4.89. The minimum atomic E-state index is -0.0956. The topological polar surface area (TPSA) is 75.8 Å². The van der Waals surface area contributed by atoms with Gasteiger partial charge in [0.1, 0.15) is 5.75 Å². The maximum absolute atomic E-state index is 12.5. The molecule has 0 bridgehead atoms. The number of ether oxygens (including phenoxy) is 1. The molecule has 0 heterocycles. The molecule has 0 spiro atoms. The Labute approximate surface area is 120 Å². The number of aliphatic hydroxyl groups is 1. The minimum absolute atomic E-state index is 0.0611. The summed E-state index contributed by atoms with van der Waals surface area (Å²) in [6.07, 6.45) is 0.560. The lowest BCUT2D eigenvalue weighted by Gasteiger charge is -2.27. The van der Waals surface area contributed by atoms with Crippen molar-refractivity contribution in [2.75, 3.05) is 25.5 Å². The second kappa shape index (κ2) is 7.75. The standard InChI is InChI=1S/C15H24N2O3/c1-4-20-14-9-12(8-13(16)10-14)15(19)17(11(2)3)6-5-7-18/h8-11,18H,4-7,16H2,1-3H3. The maximum Gasteiger partial charge on any atom is 0.254 e. The number of carbonyl (C=O) groups excluding carboxylic acids is 1. The van der Waals surface area contributed by atoms with Gasteiger partial charge in [-0.05, 0) is 39.3 Å². The van der Waals surface area contributed by atoms with Crippen molar-refractivity contribution in [1.82, 2.24) is 4.90 Å². The third-order valence-electron chi connectivity index (χ3n) is 2.93. The number of nitrogens with zero attached hydrogens (tertiary/aromatic N) is 1. The molecule has 112 valence electrons. The Morgan fingerprint density at radius 1 is 1.40 bits per heavy atom. The van der Waals surface area contributed by atoms with E-state index in [-0.39, 0.29) is 18.6 Å². The molecule has 0 aliphatic heterocycles. The Bertz CT molecular complexity index is 447. The molecule has 0 saturated heterocycles. The molecule has 0 aliphatic rings. The number of anilines is 1. The van der Waals surface area contributed by atoms with Gasteiger partial charge in [0.05, 0.1) is 6.61 Å². The van der Waals surface area contributed by atoms with Crippen molar-refractivity contribution in [3.63, 3.8) is 0 Å². The zero-order chi connectivity index (χ0) is 15.1. The number of rotatable bonds is 7. The van der Waals surface area contributed by atoms with Crippen molar-refractivity contribution in [3.05, 3.63) is 23.8 Å². The van der Waals surface area contributed by atoms with Gasteiger partial charge in [0.2, 0.25) is 0 Å². The van der Waals surface area contributed by atoms with E-state index in [1.807, 2.05) is 20.8 Å². The highest BCUT2D eigenvalue weighted by atomic mass is 16.5. The Balaban J connectivity index is 2.98. The van der Waals surface area contributed by atoms with Crippen LogP contribution in [0.25, 0.3) is 0 Å². The normalized spacial score (nSPS) is 10.7. The maximum atomic E-state index is 12.5. The number of aliphatic hydroxyl groups excluding tert-OH is 1. The van der Waals surface area contributed by atoms with E-state index in [4.69, 9.17) is 15.6 Å². The van der Waals surface area contributed by atoms with E-state index < -0.39 is 0 Å². The van der Waals surface area contributed by atoms with Gasteiger partial charge in [0.15, 0.2) is 0 Å². The van der Waals surface area contributed by atoms with Crippen LogP contribution in [-0.2, 0) is 0 Å². The Morgan fingerprint density at radius 2 is 2.10 bits per heavy atom. The minimum Gasteiger partial charge on any atom is -0.494 e. The Hall–Kier alpha value is -1.75. The van der Waals surface area contributed by atoms with E-state index in [1.54, 1.807) is 23.1 Å². The van der Waals surface area contributed by atoms with Gasteiger partial charge in [-0.2, -0.15) is 0 Å². The number of amides is 1. The number of hydrogen-bond donors (Lipinski definition) is 2. The van der Waals surface area contributed by atoms with Gasteiger partial charge in [0.25, 0.3) is 5.91 Å². The average Bonchev–Trinajstić information content (AvgIpc) is 2.38. The summed E-state index contributed by atoms with van der Waals surface area (Å²) in [6.45, 7) is 6.89. The number of carbonyl (C=O) groups is 1. The summed E-state index contributed by atoms with van der Waals surface area (Å²) in [5.41, 5.74) is 6.83. The van der Waals surface area contributed by atoms with E-state index in [0.29, 0.717) is 36.6 Å². The summed E-state index contributed by atoms with van der Waals surface area (Å²) in [5, 5.41) is 8.93. The first-order valence-electron chi connectivity index (χ1n) is 6.94. The molecule has 0 saturated carbocycles. The predicted octanol–water partition coefficient (Wildman–Crippen LogP) is 1.90. The van der Waals surface area contributed by atoms with Crippen molar-refractivity contribution in [1.29, 1.82) is 0 Å². The fourth-order valence-corrected chi connectivity index (χ4v) is 2.00. The van der Waals surface area contributed by atoms with E-state index in [0.717, 1.165) is 0 Å². The summed E-state index contributed by atoms with van der Waals surface area (Å²) in [4.78, 5) is 14.3. The van der Waals surface area contributed by atoms with Crippen molar-refractivity contribution in [3.8, 4) is 5.75 Å². The molecule has 1 amide bonds. The SMILES string of the molecule is CCOc1cc(N)cc(C(=O)N(CCCO)C(C)C)c1. The number of benzene rings is 1. The Kier molecular flexibility index (Phi) is 6.31. The van der Waals surface area contributed by atoms with Crippen LogP contribution in [0.2, 0.25) is 0 Å². The third-order valence-corrected chi connectivity index (χ3v) is 2.93. The highest BCUT2D eigenvalue weighted by Gasteiger charge is 2.19. The third kappa shape index (κ3) is 4.42. The van der Waals surface area contributed by atoms with E-state index in [1.165, 1.54) is 0 Å². The quantitative estimate of drug-likeness (QED) is 0.748. The lowest BCUT2D eigenvalue weighted by atomic mass is 10.1. The second-order valence-electron chi connectivity index (χ2n) is 4.89. The van der Waals surface area contributed by atoms with Crippen LogP contribution in [0.5, 0.6) is 5.75 Å². The molecule has 3 N–H and O–H groups in total. The largest absolute Gasteiger partial charge is 0.494 e. The molecule has 1 aromatic rings. The molecular weight excluding hydrogens is 256 g/mol. The zero-order valence-corrected chi connectivity index (χ0v) is 12.4. The first-order valence-corrected chi connectivity index (χ1v) is 6.94. The molecule has 0 aliphatic carbocycles. The first-order chi connectivity index (χ1) is 9.49. The van der Waals surface area contributed by atoms with Crippen molar-refractivity contribution >= 4 is 11.6 Å². The van der Waals surface area contributed by atoms with Crippen LogP contribution in [0.15, 0.2) is 18.2 Å². The van der Waals surface area contributed by atoms with Crippen LogP contribution in [0.1, 0.15) is 37.6 Å². The van der Waals surface area contributed by atoms with Crippen LogP contribution < -0.4 is 10.5 Å². The fraction of sp³-hybridized carbons (Fsp3) is 0.533. The summed E-state index contributed by atoms with van der Waals surface area (Å²) >= 11 is 0. The van der Waals surface area contributed by atoms with Gasteiger partial charge >= 0.3 is 0 Å². The highest BCUT2D eigenvalue weighted by Crippen LogP contribution is 2.21. The predicted molar refractivity (Wildman–Crippen MR) is 79.9 cm³/mol.